The summed E-state index contributed by atoms with van der Waals surface area (Å²) in [5, 5.41) is 33.3. The fraction of sp³-hybridized carbons (Fsp3) is 0.568. The summed E-state index contributed by atoms with van der Waals surface area (Å²) >= 11 is 0. The van der Waals surface area contributed by atoms with E-state index >= 15 is 0 Å². The van der Waals surface area contributed by atoms with Crippen molar-refractivity contribution in [2.75, 3.05) is 6.61 Å². The van der Waals surface area contributed by atoms with E-state index in [1.54, 1.807) is 19.1 Å². The van der Waals surface area contributed by atoms with Crippen molar-refractivity contribution in [2.45, 2.75) is 129 Å². The molecule has 11 atom stereocenters. The highest BCUT2D eigenvalue weighted by molar-refractivity contribution is 5.90. The molecule has 1 aliphatic carbocycles. The third-order valence-corrected chi connectivity index (χ3v) is 11.6. The Hall–Kier alpha value is -3.85. The van der Waals surface area contributed by atoms with Crippen molar-refractivity contribution in [3.05, 3.63) is 94.1 Å². The van der Waals surface area contributed by atoms with Gasteiger partial charge in [0.05, 0.1) is 42.1 Å². The standard InChI is InChI=1S/C44H55NO9/c1-25(2)17-28(5)38-30(7)37(46)22-43(54-38)21-35-20-34(53-43)16-11-27(4)18-26(3)9-8-10-33-24-50-40-39(29(6)19-36(42(48)51-35)44(33,40)49)52-41(47)32-14-12-31(23-45)13-15-32/h8-15,17,19,25-26,30,34-40,46,49H,16,18,20-22,24H2,1-7H3/b9-8+,27-11+,28-17+,33-10+/t26-,30-,34+,35-,36-,37-,38+,39+,40+,43?,44+/m0/s1. The second-order valence-electron chi connectivity index (χ2n) is 16.5. The SMILES string of the molecule is CC1=C[C@H]2C(=O)O[C@H]3C[C@@H](C/C=C(\C)C[C@@H](C)/C=C/C=C4\CO[C@H]([C@@H]1OC(=O)c1ccc(C#N)cc1)[C@@]42O)OC1(C3)C[C@H](O)[C@H](C)[C@@H](/C(C)=C/C(C)C)O1. The largest absolute Gasteiger partial charge is 0.462 e. The molecule has 4 heterocycles. The maximum Gasteiger partial charge on any atom is 0.338 e. The lowest BCUT2D eigenvalue weighted by Crippen LogP contribution is -2.60. The molecule has 290 valence electrons. The van der Waals surface area contributed by atoms with Crippen LogP contribution in [0, 0.1) is 35.0 Å². The number of rotatable bonds is 4. The lowest BCUT2D eigenvalue weighted by molar-refractivity contribution is -0.342. The van der Waals surface area contributed by atoms with Crippen LogP contribution in [0.4, 0.5) is 0 Å². The van der Waals surface area contributed by atoms with Gasteiger partial charge in [0.1, 0.15) is 23.7 Å². The Morgan fingerprint density at radius 2 is 1.85 bits per heavy atom. The zero-order valence-corrected chi connectivity index (χ0v) is 32.5. The van der Waals surface area contributed by atoms with Gasteiger partial charge in [0.15, 0.2) is 11.9 Å². The Morgan fingerprint density at radius 1 is 1.11 bits per heavy atom. The van der Waals surface area contributed by atoms with E-state index in [1.807, 2.05) is 26.0 Å². The molecule has 54 heavy (non-hydrogen) atoms. The minimum atomic E-state index is -1.88. The molecule has 0 aromatic heterocycles. The van der Waals surface area contributed by atoms with E-state index in [2.05, 4.69) is 45.9 Å². The molecule has 0 radical (unpaired) electrons. The number of nitrogens with zero attached hydrogens (tertiary/aromatic N) is 1. The molecule has 3 fully saturated rings. The molecule has 2 bridgehead atoms. The topological polar surface area (TPSA) is 145 Å². The van der Waals surface area contributed by atoms with Gasteiger partial charge in [-0.25, -0.2) is 4.79 Å². The number of benzene rings is 1. The minimum absolute atomic E-state index is 0.0195. The van der Waals surface area contributed by atoms with Crippen molar-refractivity contribution < 1.29 is 43.5 Å². The molecule has 10 nitrogen and oxygen atoms in total. The lowest BCUT2D eigenvalue weighted by Gasteiger charge is -2.51. The number of aliphatic hydroxyl groups is 2. The highest BCUT2D eigenvalue weighted by Gasteiger charge is 2.61. The summed E-state index contributed by atoms with van der Waals surface area (Å²) in [6.07, 6.45) is 9.79. The Morgan fingerprint density at radius 3 is 2.56 bits per heavy atom. The number of carbonyl (C=O) groups excluding carboxylic acids is 2. The number of hydrogen-bond donors (Lipinski definition) is 2. The summed E-state index contributed by atoms with van der Waals surface area (Å²) in [4.78, 5) is 27.8. The lowest BCUT2D eigenvalue weighted by atomic mass is 9.70. The van der Waals surface area contributed by atoms with Gasteiger partial charge in [-0.2, -0.15) is 5.26 Å². The van der Waals surface area contributed by atoms with Crippen LogP contribution in [0.2, 0.25) is 0 Å². The van der Waals surface area contributed by atoms with Crippen LogP contribution < -0.4 is 0 Å². The summed E-state index contributed by atoms with van der Waals surface area (Å²) in [7, 11) is 0. The van der Waals surface area contributed by atoms with Gasteiger partial charge in [-0.3, -0.25) is 4.79 Å². The van der Waals surface area contributed by atoms with Crippen LogP contribution in [0.5, 0.6) is 0 Å². The van der Waals surface area contributed by atoms with E-state index < -0.39 is 53.7 Å². The van der Waals surface area contributed by atoms with Gasteiger partial charge in [0.25, 0.3) is 0 Å². The Labute approximate surface area is 319 Å². The predicted octanol–water partition coefficient (Wildman–Crippen LogP) is 6.82. The quantitative estimate of drug-likeness (QED) is 0.249. The number of nitriles is 1. The van der Waals surface area contributed by atoms with E-state index in [9.17, 15) is 25.1 Å². The minimum Gasteiger partial charge on any atom is -0.462 e. The van der Waals surface area contributed by atoms with Crippen LogP contribution in [0.1, 0.15) is 96.5 Å². The van der Waals surface area contributed by atoms with Gasteiger partial charge in [0, 0.05) is 25.2 Å². The molecule has 5 aliphatic rings. The van der Waals surface area contributed by atoms with E-state index in [-0.39, 0.29) is 49.1 Å². The molecule has 0 saturated carbocycles. The van der Waals surface area contributed by atoms with Crippen molar-refractivity contribution in [3.8, 4) is 6.07 Å². The van der Waals surface area contributed by atoms with Crippen LogP contribution in [-0.4, -0.2) is 76.8 Å². The average Bonchev–Trinajstić information content (AvgIpc) is 3.45. The number of carbonyl (C=O) groups is 2. The number of aliphatic hydroxyl groups excluding tert-OH is 1. The predicted molar refractivity (Wildman–Crippen MR) is 202 cm³/mol. The smallest absolute Gasteiger partial charge is 0.338 e. The normalized spacial score (nSPS) is 39.9. The van der Waals surface area contributed by atoms with E-state index in [1.165, 1.54) is 29.8 Å². The van der Waals surface area contributed by atoms with Gasteiger partial charge >= 0.3 is 11.9 Å². The number of ether oxygens (including phenoxy) is 5. The molecular weight excluding hydrogens is 686 g/mol. The summed E-state index contributed by atoms with van der Waals surface area (Å²) < 4.78 is 32.2. The van der Waals surface area contributed by atoms with Crippen LogP contribution in [0.3, 0.4) is 0 Å². The highest BCUT2D eigenvalue weighted by Crippen LogP contribution is 2.48. The third kappa shape index (κ3) is 8.22. The maximum absolute atomic E-state index is 14.5. The van der Waals surface area contributed by atoms with E-state index in [4.69, 9.17) is 23.7 Å². The molecule has 10 heteroatoms. The molecule has 1 aromatic carbocycles. The summed E-state index contributed by atoms with van der Waals surface area (Å²) in [5.41, 5.74) is 2.00. The van der Waals surface area contributed by atoms with Crippen LogP contribution in [0.25, 0.3) is 0 Å². The zero-order valence-electron chi connectivity index (χ0n) is 32.5. The van der Waals surface area contributed by atoms with Gasteiger partial charge in [0.2, 0.25) is 0 Å². The van der Waals surface area contributed by atoms with Crippen molar-refractivity contribution in [2.24, 2.45) is 23.7 Å². The molecule has 6 rings (SSSR count). The summed E-state index contributed by atoms with van der Waals surface area (Å²) in [6, 6.07) is 8.14. The van der Waals surface area contributed by atoms with Gasteiger partial charge in [-0.05, 0) is 86.4 Å². The third-order valence-electron chi connectivity index (χ3n) is 11.6. The second-order valence-corrected chi connectivity index (χ2v) is 16.5. The number of fused-ring (bicyclic) bond motifs is 2. The Balaban J connectivity index is 1.36. The van der Waals surface area contributed by atoms with Gasteiger partial charge < -0.3 is 33.9 Å². The molecule has 0 amide bonds. The van der Waals surface area contributed by atoms with Crippen LogP contribution in [0.15, 0.2) is 83.0 Å². The summed E-state index contributed by atoms with van der Waals surface area (Å²) in [5.74, 6) is -3.33. The molecule has 1 aromatic rings. The monoisotopic (exact) mass is 741 g/mol. The average molecular weight is 742 g/mol. The highest BCUT2D eigenvalue weighted by atomic mass is 16.7. The maximum atomic E-state index is 14.5. The molecule has 2 N–H and O–H groups in total. The van der Waals surface area contributed by atoms with Crippen molar-refractivity contribution >= 4 is 11.9 Å². The molecule has 1 unspecified atom stereocenters. The Bertz CT molecular complexity index is 1780. The van der Waals surface area contributed by atoms with E-state index in [0.717, 1.165) is 12.0 Å². The van der Waals surface area contributed by atoms with Gasteiger partial charge in [-0.1, -0.05) is 69.7 Å². The van der Waals surface area contributed by atoms with Crippen LogP contribution in [-0.2, 0) is 28.5 Å². The molecular formula is C44H55NO9. The van der Waals surface area contributed by atoms with Crippen molar-refractivity contribution in [3.63, 3.8) is 0 Å². The van der Waals surface area contributed by atoms with Crippen molar-refractivity contribution in [1.82, 2.24) is 0 Å². The number of allylic oxidation sites excluding steroid dienone is 5. The second kappa shape index (κ2) is 16.1. The van der Waals surface area contributed by atoms with Crippen LogP contribution >= 0.6 is 0 Å². The fourth-order valence-corrected chi connectivity index (χ4v) is 8.85. The molecule has 1 spiro atoms. The van der Waals surface area contributed by atoms with E-state index in [0.29, 0.717) is 35.5 Å². The fourth-order valence-electron chi connectivity index (χ4n) is 8.85. The number of hydrogen-bond acceptors (Lipinski definition) is 10. The van der Waals surface area contributed by atoms with Crippen molar-refractivity contribution in [1.29, 1.82) is 5.26 Å². The first-order chi connectivity index (χ1) is 25.6. The molecule has 3 saturated heterocycles. The summed E-state index contributed by atoms with van der Waals surface area (Å²) in [6.45, 7) is 14.2. The first-order valence-corrected chi connectivity index (χ1v) is 19.3. The first-order valence-electron chi connectivity index (χ1n) is 19.3. The first kappa shape index (κ1) is 39.8. The number of esters is 2. The Kier molecular flexibility index (Phi) is 11.9. The zero-order chi connectivity index (χ0) is 38.9. The molecule has 4 aliphatic heterocycles. The van der Waals surface area contributed by atoms with Gasteiger partial charge in [-0.15, -0.1) is 0 Å².